The molecule has 0 unspecified atom stereocenters. The topological polar surface area (TPSA) is 81.3 Å². The van der Waals surface area contributed by atoms with Gasteiger partial charge in [0.2, 0.25) is 0 Å². The van der Waals surface area contributed by atoms with Crippen LogP contribution in [0.1, 0.15) is 19.4 Å². The average Bonchev–Trinajstić information content (AvgIpc) is 2.16. The minimum absolute atomic E-state index is 0.183. The lowest BCUT2D eigenvalue weighted by Gasteiger charge is -2.24. The van der Waals surface area contributed by atoms with Crippen LogP contribution < -0.4 is 22.3 Å². The van der Waals surface area contributed by atoms with E-state index < -0.39 is 0 Å². The van der Waals surface area contributed by atoms with Gasteiger partial charge in [-0.3, -0.25) is 0 Å². The van der Waals surface area contributed by atoms with Crippen molar-refractivity contribution in [1.29, 1.82) is 0 Å². The summed E-state index contributed by atoms with van der Waals surface area (Å²) in [6.45, 7) is 3.97. The highest BCUT2D eigenvalue weighted by atomic mass is 32.1. The molecule has 0 bridgehead atoms. The standard InChI is InChI=1S/C10H16N4S/c1-6(2)14(13)9-4-3-7(10(12)15)5-8(9)11/h3-6H,11,13H2,1-2H3,(H2,12,15). The Balaban J connectivity index is 3.08. The number of rotatable bonds is 3. The van der Waals surface area contributed by atoms with Crippen molar-refractivity contribution in [2.75, 3.05) is 10.7 Å². The van der Waals surface area contributed by atoms with Gasteiger partial charge in [0, 0.05) is 11.6 Å². The fourth-order valence-electron chi connectivity index (χ4n) is 1.22. The number of thiocarbonyl (C=S) groups is 1. The predicted molar refractivity (Wildman–Crippen MR) is 68.5 cm³/mol. The zero-order valence-electron chi connectivity index (χ0n) is 8.90. The first-order valence-electron chi connectivity index (χ1n) is 4.66. The highest BCUT2D eigenvalue weighted by Crippen LogP contribution is 2.23. The summed E-state index contributed by atoms with van der Waals surface area (Å²) in [7, 11) is 0. The molecule has 0 amide bonds. The molecule has 0 atom stereocenters. The lowest BCUT2D eigenvalue weighted by molar-refractivity contribution is 0.712. The molecule has 0 fully saturated rings. The quantitative estimate of drug-likeness (QED) is 0.309. The van der Waals surface area contributed by atoms with Crippen molar-refractivity contribution in [1.82, 2.24) is 0 Å². The summed E-state index contributed by atoms with van der Waals surface area (Å²) in [6, 6.07) is 5.56. The van der Waals surface area contributed by atoms with E-state index in [0.717, 1.165) is 11.3 Å². The molecular formula is C10H16N4S. The number of hydrogen-bond acceptors (Lipinski definition) is 4. The molecule has 1 aromatic carbocycles. The van der Waals surface area contributed by atoms with Crippen LogP contribution in [0.4, 0.5) is 11.4 Å². The van der Waals surface area contributed by atoms with E-state index in [4.69, 9.17) is 29.5 Å². The van der Waals surface area contributed by atoms with Crippen LogP contribution in [0.15, 0.2) is 18.2 Å². The Kier molecular flexibility index (Phi) is 3.49. The minimum Gasteiger partial charge on any atom is -0.397 e. The third-order valence-electron chi connectivity index (χ3n) is 2.15. The molecule has 0 radical (unpaired) electrons. The SMILES string of the molecule is CC(C)N(N)c1ccc(C(N)=S)cc1N. The fourth-order valence-corrected chi connectivity index (χ4v) is 1.35. The number of nitrogen functional groups attached to an aromatic ring is 1. The van der Waals surface area contributed by atoms with E-state index in [1.807, 2.05) is 26.0 Å². The highest BCUT2D eigenvalue weighted by molar-refractivity contribution is 7.80. The van der Waals surface area contributed by atoms with E-state index in [9.17, 15) is 0 Å². The lowest BCUT2D eigenvalue weighted by Crippen LogP contribution is -2.38. The first kappa shape index (κ1) is 11.7. The van der Waals surface area contributed by atoms with E-state index >= 15 is 0 Å². The third kappa shape index (κ3) is 2.57. The molecule has 5 heteroatoms. The predicted octanol–water partition coefficient (Wildman–Crippen LogP) is 0.992. The van der Waals surface area contributed by atoms with Crippen LogP contribution >= 0.6 is 12.2 Å². The molecule has 82 valence electrons. The maximum atomic E-state index is 5.86. The largest absolute Gasteiger partial charge is 0.397 e. The Morgan fingerprint density at radius 3 is 2.40 bits per heavy atom. The van der Waals surface area contributed by atoms with E-state index in [1.165, 1.54) is 0 Å². The summed E-state index contributed by atoms with van der Waals surface area (Å²) < 4.78 is 0. The fraction of sp³-hybridized carbons (Fsp3) is 0.300. The monoisotopic (exact) mass is 224 g/mol. The van der Waals surface area contributed by atoms with Gasteiger partial charge >= 0.3 is 0 Å². The van der Waals surface area contributed by atoms with Crippen LogP contribution in [0.2, 0.25) is 0 Å². The number of nitrogens with two attached hydrogens (primary N) is 3. The van der Waals surface area contributed by atoms with Crippen molar-refractivity contribution in [2.24, 2.45) is 11.6 Å². The number of benzene rings is 1. The third-order valence-corrected chi connectivity index (χ3v) is 2.38. The van der Waals surface area contributed by atoms with Crippen LogP contribution in [0, 0.1) is 0 Å². The van der Waals surface area contributed by atoms with E-state index in [2.05, 4.69) is 0 Å². The molecule has 0 aliphatic rings. The average molecular weight is 224 g/mol. The van der Waals surface area contributed by atoms with Crippen LogP contribution in [-0.2, 0) is 0 Å². The summed E-state index contributed by atoms with van der Waals surface area (Å²) in [5, 5.41) is 1.61. The van der Waals surface area contributed by atoms with Crippen LogP contribution in [0.25, 0.3) is 0 Å². The van der Waals surface area contributed by atoms with Crippen LogP contribution in [-0.4, -0.2) is 11.0 Å². The van der Waals surface area contributed by atoms with Gasteiger partial charge in [0.15, 0.2) is 0 Å². The molecular weight excluding hydrogens is 208 g/mol. The lowest BCUT2D eigenvalue weighted by atomic mass is 10.1. The van der Waals surface area contributed by atoms with Gasteiger partial charge in [-0.1, -0.05) is 12.2 Å². The molecule has 0 aliphatic carbocycles. The van der Waals surface area contributed by atoms with Crippen LogP contribution in [0.3, 0.4) is 0 Å². The molecule has 0 saturated heterocycles. The van der Waals surface area contributed by atoms with Crippen molar-refractivity contribution in [3.8, 4) is 0 Å². The Morgan fingerprint density at radius 1 is 1.40 bits per heavy atom. The second-order valence-corrected chi connectivity index (χ2v) is 4.08. The van der Waals surface area contributed by atoms with Gasteiger partial charge in [-0.05, 0) is 32.0 Å². The van der Waals surface area contributed by atoms with Gasteiger partial charge in [0.05, 0.1) is 11.4 Å². The summed E-state index contributed by atoms with van der Waals surface area (Å²) in [5.74, 6) is 5.85. The summed E-state index contributed by atoms with van der Waals surface area (Å²) >= 11 is 4.86. The van der Waals surface area contributed by atoms with Gasteiger partial charge in [-0.2, -0.15) is 0 Å². The molecule has 0 aliphatic heterocycles. The molecule has 0 spiro atoms. The number of hydrazine groups is 1. The van der Waals surface area contributed by atoms with Gasteiger partial charge in [0.1, 0.15) is 4.99 Å². The minimum atomic E-state index is 0.183. The van der Waals surface area contributed by atoms with Crippen molar-refractivity contribution in [3.05, 3.63) is 23.8 Å². The first-order chi connectivity index (χ1) is 6.93. The van der Waals surface area contributed by atoms with Crippen molar-refractivity contribution in [2.45, 2.75) is 19.9 Å². The second kappa shape index (κ2) is 4.46. The zero-order valence-corrected chi connectivity index (χ0v) is 9.71. The zero-order chi connectivity index (χ0) is 11.6. The first-order valence-corrected chi connectivity index (χ1v) is 5.07. The van der Waals surface area contributed by atoms with Crippen molar-refractivity contribution >= 4 is 28.6 Å². The molecule has 0 saturated carbocycles. The molecule has 15 heavy (non-hydrogen) atoms. The van der Waals surface area contributed by atoms with Gasteiger partial charge in [-0.15, -0.1) is 0 Å². The molecule has 0 heterocycles. The van der Waals surface area contributed by atoms with E-state index in [0.29, 0.717) is 10.7 Å². The molecule has 4 nitrogen and oxygen atoms in total. The molecule has 1 rings (SSSR count). The van der Waals surface area contributed by atoms with Gasteiger partial charge in [0.25, 0.3) is 0 Å². The maximum Gasteiger partial charge on any atom is 0.104 e. The Bertz CT molecular complexity index is 376. The Labute approximate surface area is 95.0 Å². The summed E-state index contributed by atoms with van der Waals surface area (Å²) in [5.41, 5.74) is 13.5. The van der Waals surface area contributed by atoms with E-state index in [-0.39, 0.29) is 6.04 Å². The molecule has 0 aromatic heterocycles. The Hall–Kier alpha value is -1.33. The smallest absolute Gasteiger partial charge is 0.104 e. The van der Waals surface area contributed by atoms with Gasteiger partial charge < -0.3 is 16.5 Å². The number of nitrogens with zero attached hydrogens (tertiary/aromatic N) is 1. The summed E-state index contributed by atoms with van der Waals surface area (Å²) in [6.07, 6.45) is 0. The molecule has 1 aromatic rings. The Morgan fingerprint density at radius 2 is 2.00 bits per heavy atom. The van der Waals surface area contributed by atoms with Crippen molar-refractivity contribution < 1.29 is 0 Å². The maximum absolute atomic E-state index is 5.86. The van der Waals surface area contributed by atoms with Gasteiger partial charge in [-0.25, -0.2) is 5.84 Å². The summed E-state index contributed by atoms with van der Waals surface area (Å²) in [4.78, 5) is 0.335. The second-order valence-electron chi connectivity index (χ2n) is 3.64. The number of anilines is 2. The molecule has 6 N–H and O–H groups in total. The number of hydrogen-bond donors (Lipinski definition) is 3. The van der Waals surface area contributed by atoms with Crippen LogP contribution in [0.5, 0.6) is 0 Å². The highest BCUT2D eigenvalue weighted by Gasteiger charge is 2.10. The van der Waals surface area contributed by atoms with E-state index in [1.54, 1.807) is 11.1 Å². The normalized spacial score (nSPS) is 10.4. The van der Waals surface area contributed by atoms with Crippen molar-refractivity contribution in [3.63, 3.8) is 0 Å².